The van der Waals surface area contributed by atoms with E-state index in [1.165, 1.54) is 0 Å². The van der Waals surface area contributed by atoms with Crippen LogP contribution in [-0.4, -0.2) is 32.0 Å². The molecule has 4 aromatic heterocycles. The van der Waals surface area contributed by atoms with E-state index in [-0.39, 0.29) is 11.8 Å². The maximum Gasteiger partial charge on any atom is 0.253 e. The normalized spacial score (nSPS) is 12.0. The summed E-state index contributed by atoms with van der Waals surface area (Å²) in [5.74, 6) is 0.722. The third-order valence-electron chi connectivity index (χ3n) is 5.44. The Morgan fingerprint density at radius 2 is 2.00 bits per heavy atom. The molecule has 0 spiro atoms. The van der Waals surface area contributed by atoms with E-state index in [1.54, 1.807) is 47.6 Å². The maximum absolute atomic E-state index is 13.3. The van der Waals surface area contributed by atoms with Crippen LogP contribution >= 0.6 is 11.6 Å². The summed E-state index contributed by atoms with van der Waals surface area (Å²) in [4.78, 5) is 26.3. The lowest BCUT2D eigenvalue weighted by molar-refractivity contribution is 0.0951. The Kier molecular flexibility index (Phi) is 6.66. The minimum absolute atomic E-state index is 0.130. The predicted octanol–water partition coefficient (Wildman–Crippen LogP) is 4.90. The van der Waals surface area contributed by atoms with Gasteiger partial charge in [0.2, 0.25) is 0 Å². The van der Waals surface area contributed by atoms with E-state index in [2.05, 4.69) is 40.2 Å². The van der Waals surface area contributed by atoms with Gasteiger partial charge in [-0.3, -0.25) is 14.3 Å². The Morgan fingerprint density at radius 1 is 1.18 bits per heavy atom. The third-order valence-corrected chi connectivity index (χ3v) is 5.75. The molecule has 33 heavy (non-hydrogen) atoms. The Labute approximate surface area is 197 Å². The van der Waals surface area contributed by atoms with Gasteiger partial charge >= 0.3 is 0 Å². The molecule has 7 nitrogen and oxygen atoms in total. The molecule has 4 rings (SSSR count). The number of carbonyl (C=O) groups excluding carboxylic acids is 1. The number of halogens is 1. The quantitative estimate of drug-likeness (QED) is 0.424. The van der Waals surface area contributed by atoms with Gasteiger partial charge in [-0.2, -0.15) is 5.26 Å². The number of fused-ring (bicyclic) bond motifs is 1. The van der Waals surface area contributed by atoms with Crippen LogP contribution in [0.5, 0.6) is 0 Å². The largest absolute Gasteiger partial charge is 0.351 e. The van der Waals surface area contributed by atoms with E-state index in [1.807, 2.05) is 18.3 Å². The topological polar surface area (TPSA) is 96.5 Å². The van der Waals surface area contributed by atoms with Gasteiger partial charge in [-0.25, -0.2) is 9.97 Å². The molecule has 4 heterocycles. The SMILES string of the molecule is CC(C)CC(CNC(=O)c1cn(-c2ncccc2C#N)c2nccc(Cl)c12)c1cccnc1. The molecule has 0 fully saturated rings. The average Bonchev–Trinajstić information content (AvgIpc) is 3.23. The highest BCUT2D eigenvalue weighted by molar-refractivity contribution is 6.36. The smallest absolute Gasteiger partial charge is 0.253 e. The van der Waals surface area contributed by atoms with Gasteiger partial charge in [0.05, 0.1) is 21.5 Å². The van der Waals surface area contributed by atoms with E-state index < -0.39 is 0 Å². The second-order valence-electron chi connectivity index (χ2n) is 8.21. The molecule has 0 bridgehead atoms. The Balaban J connectivity index is 1.69. The van der Waals surface area contributed by atoms with Crippen LogP contribution in [0, 0.1) is 17.2 Å². The third kappa shape index (κ3) is 4.71. The fraction of sp³-hybridized carbons (Fsp3) is 0.240. The fourth-order valence-corrected chi connectivity index (χ4v) is 4.20. The fourth-order valence-electron chi connectivity index (χ4n) is 3.96. The standard InChI is InChI=1S/C25H23ClN6O/c1-16(2)11-19(18-6-3-8-28-13-18)14-31-25(33)20-15-32(23-17(12-27)5-4-9-29-23)24-22(20)21(26)7-10-30-24/h3-10,13,15-16,19H,11,14H2,1-2H3,(H,31,33). The summed E-state index contributed by atoms with van der Waals surface area (Å²) in [6.45, 7) is 4.77. The molecule has 4 aromatic rings. The number of carbonyl (C=O) groups is 1. The maximum atomic E-state index is 13.3. The number of aromatic nitrogens is 4. The van der Waals surface area contributed by atoms with Crippen molar-refractivity contribution < 1.29 is 4.79 Å². The first-order valence-corrected chi connectivity index (χ1v) is 11.1. The molecule has 0 aliphatic rings. The van der Waals surface area contributed by atoms with Crippen LogP contribution in [0.3, 0.4) is 0 Å². The van der Waals surface area contributed by atoms with Crippen molar-refractivity contribution in [3.63, 3.8) is 0 Å². The van der Waals surface area contributed by atoms with Crippen LogP contribution in [0.15, 0.2) is 61.3 Å². The monoisotopic (exact) mass is 458 g/mol. The Morgan fingerprint density at radius 3 is 2.73 bits per heavy atom. The van der Waals surface area contributed by atoms with Crippen molar-refractivity contribution in [1.29, 1.82) is 5.26 Å². The predicted molar refractivity (Wildman–Crippen MR) is 127 cm³/mol. The van der Waals surface area contributed by atoms with E-state index in [4.69, 9.17) is 11.6 Å². The van der Waals surface area contributed by atoms with Gasteiger partial charge in [-0.1, -0.05) is 31.5 Å². The number of nitrogens with one attached hydrogen (secondary N) is 1. The summed E-state index contributed by atoms with van der Waals surface area (Å²) in [5.41, 5.74) is 2.30. The van der Waals surface area contributed by atoms with Crippen molar-refractivity contribution >= 4 is 28.5 Å². The average molecular weight is 459 g/mol. The highest BCUT2D eigenvalue weighted by Crippen LogP contribution is 2.30. The molecule has 8 heteroatoms. The van der Waals surface area contributed by atoms with Crippen LogP contribution in [0.4, 0.5) is 0 Å². The number of rotatable bonds is 7. The van der Waals surface area contributed by atoms with Gasteiger partial charge < -0.3 is 5.32 Å². The molecule has 1 atom stereocenters. The van der Waals surface area contributed by atoms with Crippen LogP contribution in [0.25, 0.3) is 16.9 Å². The van der Waals surface area contributed by atoms with Gasteiger partial charge in [0.1, 0.15) is 11.7 Å². The Hall–Kier alpha value is -3.76. The number of nitrogens with zero attached hydrogens (tertiary/aromatic N) is 5. The zero-order valence-electron chi connectivity index (χ0n) is 18.4. The van der Waals surface area contributed by atoms with Gasteiger partial charge in [0.15, 0.2) is 5.82 Å². The highest BCUT2D eigenvalue weighted by Gasteiger charge is 2.22. The molecular weight excluding hydrogens is 436 g/mol. The van der Waals surface area contributed by atoms with Crippen molar-refractivity contribution in [2.75, 3.05) is 6.54 Å². The van der Waals surface area contributed by atoms with E-state index in [9.17, 15) is 10.1 Å². The van der Waals surface area contributed by atoms with Crippen LogP contribution in [-0.2, 0) is 0 Å². The molecule has 0 aliphatic heterocycles. The number of hydrogen-bond acceptors (Lipinski definition) is 5. The van der Waals surface area contributed by atoms with E-state index in [0.29, 0.717) is 45.5 Å². The highest BCUT2D eigenvalue weighted by atomic mass is 35.5. The van der Waals surface area contributed by atoms with Crippen molar-refractivity contribution in [2.45, 2.75) is 26.2 Å². The minimum Gasteiger partial charge on any atom is -0.351 e. The molecule has 1 amide bonds. The molecule has 0 saturated carbocycles. The summed E-state index contributed by atoms with van der Waals surface area (Å²) in [5, 5.41) is 13.5. The van der Waals surface area contributed by atoms with Gasteiger partial charge in [0, 0.05) is 43.4 Å². The molecule has 0 radical (unpaired) electrons. The zero-order valence-corrected chi connectivity index (χ0v) is 19.1. The molecule has 1 N–H and O–H groups in total. The molecule has 166 valence electrons. The summed E-state index contributed by atoms with van der Waals surface area (Å²) in [7, 11) is 0. The molecule has 1 unspecified atom stereocenters. The lowest BCUT2D eigenvalue weighted by Gasteiger charge is -2.19. The van der Waals surface area contributed by atoms with Crippen molar-refractivity contribution in [1.82, 2.24) is 24.8 Å². The zero-order chi connectivity index (χ0) is 23.4. The molecular formula is C25H23ClN6O. The van der Waals surface area contributed by atoms with Gasteiger partial charge in [0.25, 0.3) is 5.91 Å². The first kappa shape index (κ1) is 22.4. The molecule has 0 aromatic carbocycles. The summed E-state index contributed by atoms with van der Waals surface area (Å²) in [6.07, 6.45) is 9.30. The first-order valence-electron chi connectivity index (χ1n) is 10.7. The summed E-state index contributed by atoms with van der Waals surface area (Å²) >= 11 is 6.48. The lowest BCUT2D eigenvalue weighted by atomic mass is 9.91. The van der Waals surface area contributed by atoms with Crippen LogP contribution < -0.4 is 5.32 Å². The van der Waals surface area contributed by atoms with Crippen molar-refractivity contribution in [3.8, 4) is 11.9 Å². The van der Waals surface area contributed by atoms with Crippen LogP contribution in [0.2, 0.25) is 5.02 Å². The summed E-state index contributed by atoms with van der Waals surface area (Å²) in [6, 6.07) is 11.1. The molecule has 0 aliphatic carbocycles. The second kappa shape index (κ2) is 9.80. The van der Waals surface area contributed by atoms with Gasteiger partial charge in [-0.15, -0.1) is 0 Å². The number of hydrogen-bond donors (Lipinski definition) is 1. The van der Waals surface area contributed by atoms with Crippen molar-refractivity contribution in [2.24, 2.45) is 5.92 Å². The first-order chi connectivity index (χ1) is 16.0. The van der Waals surface area contributed by atoms with Crippen LogP contribution in [0.1, 0.15) is 47.7 Å². The number of nitriles is 1. The molecule has 0 saturated heterocycles. The number of pyridine rings is 3. The van der Waals surface area contributed by atoms with Crippen molar-refractivity contribution in [3.05, 3.63) is 83.0 Å². The lowest BCUT2D eigenvalue weighted by Crippen LogP contribution is -2.29. The van der Waals surface area contributed by atoms with Gasteiger partial charge in [-0.05, 0) is 42.2 Å². The summed E-state index contributed by atoms with van der Waals surface area (Å²) < 4.78 is 1.64. The Bertz CT molecular complexity index is 1330. The van der Waals surface area contributed by atoms with E-state index >= 15 is 0 Å². The minimum atomic E-state index is -0.263. The van der Waals surface area contributed by atoms with E-state index in [0.717, 1.165) is 12.0 Å². The second-order valence-corrected chi connectivity index (χ2v) is 8.62. The number of amides is 1.